The molecule has 0 radical (unpaired) electrons. The number of thiophene rings is 1. The first-order valence-electron chi connectivity index (χ1n) is 11.2. The van der Waals surface area contributed by atoms with Crippen LogP contribution in [0.3, 0.4) is 0 Å². The van der Waals surface area contributed by atoms with Gasteiger partial charge in [0, 0.05) is 31.1 Å². The van der Waals surface area contributed by atoms with Gasteiger partial charge in [0.2, 0.25) is 0 Å². The Morgan fingerprint density at radius 1 is 1.14 bits per heavy atom. The molecule has 29 heavy (non-hydrogen) atoms. The van der Waals surface area contributed by atoms with E-state index in [0.29, 0.717) is 12.1 Å². The molecule has 1 N–H and O–H groups in total. The summed E-state index contributed by atoms with van der Waals surface area (Å²) >= 11 is 1.90. The van der Waals surface area contributed by atoms with Crippen molar-refractivity contribution in [1.29, 1.82) is 0 Å². The van der Waals surface area contributed by atoms with Gasteiger partial charge in [0.05, 0.1) is 31.2 Å². The number of aryl methyl sites for hydroxylation is 2. The predicted molar refractivity (Wildman–Crippen MR) is 117 cm³/mol. The summed E-state index contributed by atoms with van der Waals surface area (Å²) in [7, 11) is 1.84. The van der Waals surface area contributed by atoms with Crippen LogP contribution in [0.15, 0.2) is 0 Å². The molecule has 3 aliphatic rings. The maximum Gasteiger partial charge on any atom is 0.146 e. The van der Waals surface area contributed by atoms with Gasteiger partial charge in [-0.2, -0.15) is 0 Å². The highest BCUT2D eigenvalue weighted by atomic mass is 32.1. The minimum Gasteiger partial charge on any atom is -0.381 e. The van der Waals surface area contributed by atoms with Crippen LogP contribution in [0.2, 0.25) is 0 Å². The molecule has 2 aromatic rings. The molecule has 2 aromatic heterocycles. The molecule has 2 aliphatic carbocycles. The Labute approximate surface area is 177 Å². The molecule has 3 heterocycles. The number of morpholine rings is 1. The van der Waals surface area contributed by atoms with Crippen LogP contribution in [0.25, 0.3) is 10.2 Å². The third-order valence-electron chi connectivity index (χ3n) is 6.63. The van der Waals surface area contributed by atoms with Gasteiger partial charge in [0.1, 0.15) is 16.5 Å². The molecular formula is C22H32N4O2S. The summed E-state index contributed by atoms with van der Waals surface area (Å²) in [5.41, 5.74) is 1.51. The Hall–Kier alpha value is -1.28. The summed E-state index contributed by atoms with van der Waals surface area (Å²) in [6.07, 6.45) is 9.95. The Bertz CT molecular complexity index is 849. The highest BCUT2D eigenvalue weighted by molar-refractivity contribution is 7.19. The Morgan fingerprint density at radius 3 is 2.86 bits per heavy atom. The van der Waals surface area contributed by atoms with Crippen molar-refractivity contribution in [3.8, 4) is 0 Å². The minimum absolute atomic E-state index is 0.364. The molecule has 0 spiro atoms. The number of ether oxygens (including phenoxy) is 2. The van der Waals surface area contributed by atoms with E-state index >= 15 is 0 Å². The topological polar surface area (TPSA) is 59.5 Å². The van der Waals surface area contributed by atoms with E-state index in [1.54, 1.807) is 0 Å². The molecule has 1 saturated carbocycles. The maximum absolute atomic E-state index is 5.66. The lowest BCUT2D eigenvalue weighted by atomic mass is 9.92. The van der Waals surface area contributed by atoms with E-state index < -0.39 is 0 Å². The first-order chi connectivity index (χ1) is 14.3. The van der Waals surface area contributed by atoms with Crippen molar-refractivity contribution in [2.45, 2.75) is 70.1 Å². The molecular weight excluding hydrogens is 384 g/mol. The average molecular weight is 417 g/mol. The van der Waals surface area contributed by atoms with Crippen molar-refractivity contribution in [2.24, 2.45) is 0 Å². The quantitative estimate of drug-likeness (QED) is 0.801. The van der Waals surface area contributed by atoms with Gasteiger partial charge in [-0.05, 0) is 56.9 Å². The van der Waals surface area contributed by atoms with Crippen molar-refractivity contribution >= 4 is 27.4 Å². The van der Waals surface area contributed by atoms with Crippen LogP contribution >= 0.6 is 11.3 Å². The normalized spacial score (nSPS) is 25.8. The number of aromatic nitrogens is 2. The monoisotopic (exact) mass is 416 g/mol. The van der Waals surface area contributed by atoms with Crippen molar-refractivity contribution in [3.63, 3.8) is 0 Å². The molecule has 2 unspecified atom stereocenters. The molecule has 2 atom stereocenters. The summed E-state index contributed by atoms with van der Waals surface area (Å²) < 4.78 is 11.2. The largest absolute Gasteiger partial charge is 0.381 e. The van der Waals surface area contributed by atoms with Crippen molar-refractivity contribution < 1.29 is 9.47 Å². The average Bonchev–Trinajstić information content (AvgIpc) is 3.13. The number of fused-ring (bicyclic) bond motifs is 3. The van der Waals surface area contributed by atoms with Gasteiger partial charge >= 0.3 is 0 Å². The Kier molecular flexibility index (Phi) is 5.99. The van der Waals surface area contributed by atoms with Gasteiger partial charge in [-0.15, -0.1) is 11.3 Å². The molecule has 5 rings (SSSR count). The van der Waals surface area contributed by atoms with Gasteiger partial charge in [-0.3, -0.25) is 4.90 Å². The van der Waals surface area contributed by atoms with Gasteiger partial charge in [0.25, 0.3) is 0 Å². The fourth-order valence-electron chi connectivity index (χ4n) is 5.02. The molecule has 0 bridgehead atoms. The lowest BCUT2D eigenvalue weighted by molar-refractivity contribution is 0.0331. The number of hydrogen-bond donors (Lipinski definition) is 1. The van der Waals surface area contributed by atoms with Crippen molar-refractivity contribution in [3.05, 3.63) is 16.3 Å². The lowest BCUT2D eigenvalue weighted by Crippen LogP contribution is -2.36. The second-order valence-electron chi connectivity index (χ2n) is 8.63. The third kappa shape index (κ3) is 4.29. The Morgan fingerprint density at radius 2 is 2.00 bits per heavy atom. The number of methoxy groups -OCH3 is 1. The highest BCUT2D eigenvalue weighted by Gasteiger charge is 2.26. The van der Waals surface area contributed by atoms with Crippen LogP contribution in [-0.2, 0) is 28.9 Å². The zero-order valence-electron chi connectivity index (χ0n) is 17.4. The molecule has 7 heteroatoms. The van der Waals surface area contributed by atoms with E-state index in [1.807, 2.05) is 18.4 Å². The zero-order chi connectivity index (χ0) is 19.6. The van der Waals surface area contributed by atoms with E-state index in [1.165, 1.54) is 65.6 Å². The van der Waals surface area contributed by atoms with Gasteiger partial charge < -0.3 is 14.8 Å². The Balaban J connectivity index is 1.47. The molecule has 158 valence electrons. The van der Waals surface area contributed by atoms with Crippen LogP contribution in [0.1, 0.15) is 54.8 Å². The summed E-state index contributed by atoms with van der Waals surface area (Å²) in [6, 6.07) is 0.433. The molecule has 2 fully saturated rings. The van der Waals surface area contributed by atoms with E-state index in [2.05, 4.69) is 10.2 Å². The third-order valence-corrected chi connectivity index (χ3v) is 7.82. The fourth-order valence-corrected chi connectivity index (χ4v) is 6.30. The van der Waals surface area contributed by atoms with Crippen LogP contribution < -0.4 is 5.32 Å². The SMILES string of the molecule is COC1CCCC(Nc2nc(CN3CCOCC3)nc3sc4c(c23)CCCC4)C1. The molecule has 0 aromatic carbocycles. The van der Waals surface area contributed by atoms with E-state index in [9.17, 15) is 0 Å². The minimum atomic E-state index is 0.364. The van der Waals surface area contributed by atoms with Crippen molar-refractivity contribution in [1.82, 2.24) is 14.9 Å². The van der Waals surface area contributed by atoms with E-state index in [4.69, 9.17) is 19.4 Å². The fraction of sp³-hybridized carbons (Fsp3) is 0.727. The number of anilines is 1. The predicted octanol–water partition coefficient (Wildman–Crippen LogP) is 3.77. The molecule has 1 aliphatic heterocycles. The smallest absolute Gasteiger partial charge is 0.146 e. The van der Waals surface area contributed by atoms with Gasteiger partial charge in [0.15, 0.2) is 0 Å². The van der Waals surface area contributed by atoms with Crippen LogP contribution in [0.5, 0.6) is 0 Å². The summed E-state index contributed by atoms with van der Waals surface area (Å²) in [4.78, 5) is 15.2. The summed E-state index contributed by atoms with van der Waals surface area (Å²) in [6.45, 7) is 4.34. The first-order valence-corrected chi connectivity index (χ1v) is 12.0. The second-order valence-corrected chi connectivity index (χ2v) is 9.72. The number of nitrogens with zero attached hydrogens (tertiary/aromatic N) is 3. The first kappa shape index (κ1) is 19.7. The zero-order valence-corrected chi connectivity index (χ0v) is 18.2. The van der Waals surface area contributed by atoms with Crippen LogP contribution in [0.4, 0.5) is 5.82 Å². The van der Waals surface area contributed by atoms with Gasteiger partial charge in [-0.1, -0.05) is 0 Å². The number of nitrogens with one attached hydrogen (secondary N) is 1. The number of rotatable bonds is 5. The van der Waals surface area contributed by atoms with Gasteiger partial charge in [-0.25, -0.2) is 9.97 Å². The molecule has 1 saturated heterocycles. The van der Waals surface area contributed by atoms with E-state index in [0.717, 1.165) is 50.9 Å². The maximum atomic E-state index is 5.66. The number of hydrogen-bond acceptors (Lipinski definition) is 7. The molecule has 0 amide bonds. The summed E-state index contributed by atoms with van der Waals surface area (Å²) in [5, 5.41) is 5.14. The molecule has 6 nitrogen and oxygen atoms in total. The summed E-state index contributed by atoms with van der Waals surface area (Å²) in [5.74, 6) is 2.01. The van der Waals surface area contributed by atoms with E-state index in [-0.39, 0.29) is 0 Å². The van der Waals surface area contributed by atoms with Crippen LogP contribution in [0, 0.1) is 0 Å². The lowest BCUT2D eigenvalue weighted by Gasteiger charge is -2.30. The van der Waals surface area contributed by atoms with Crippen LogP contribution in [-0.4, -0.2) is 60.4 Å². The van der Waals surface area contributed by atoms with Crippen molar-refractivity contribution in [2.75, 3.05) is 38.7 Å². The highest BCUT2D eigenvalue weighted by Crippen LogP contribution is 2.39. The standard InChI is InChI=1S/C22H32N4O2S/c1-27-16-6-4-5-15(13-16)23-21-20-17-7-2-3-8-18(17)29-22(20)25-19(24-21)14-26-9-11-28-12-10-26/h15-16H,2-14H2,1H3,(H,23,24,25). The second kappa shape index (κ2) is 8.84.